The predicted molar refractivity (Wildman–Crippen MR) is 110 cm³/mol. The monoisotopic (exact) mass is 396 g/mol. The first-order valence-electron chi connectivity index (χ1n) is 9.57. The molecule has 4 rings (SSSR count). The number of nitrogens with zero attached hydrogens (tertiary/aromatic N) is 3. The van der Waals surface area contributed by atoms with Crippen LogP contribution in [0.2, 0.25) is 0 Å². The molecular weight excluding hydrogens is 372 g/mol. The van der Waals surface area contributed by atoms with Crippen LogP contribution in [0.3, 0.4) is 0 Å². The Kier molecular flexibility index (Phi) is 4.93. The van der Waals surface area contributed by atoms with Crippen molar-refractivity contribution in [1.82, 2.24) is 14.8 Å². The fourth-order valence-electron chi connectivity index (χ4n) is 3.54. The van der Waals surface area contributed by atoms with Crippen LogP contribution < -0.4 is 4.72 Å². The van der Waals surface area contributed by atoms with Crippen LogP contribution in [-0.2, 0) is 23.0 Å². The largest absolute Gasteiger partial charge is 0.311 e. The summed E-state index contributed by atoms with van der Waals surface area (Å²) in [6.45, 7) is 4.73. The first kappa shape index (κ1) is 18.7. The Morgan fingerprint density at radius 3 is 2.61 bits per heavy atom. The fourth-order valence-corrected chi connectivity index (χ4v) is 4.70. The highest BCUT2D eigenvalue weighted by Crippen LogP contribution is 2.30. The quantitative estimate of drug-likeness (QED) is 0.721. The molecule has 0 aliphatic carbocycles. The molecule has 0 radical (unpaired) electrons. The SMILES string of the molecule is Cc1ccc(S(=O)(=O)Nc2ccccc2-c2nnc3n2CCCCC3)cc1C. The smallest absolute Gasteiger partial charge is 0.261 e. The molecule has 1 aliphatic rings. The Labute approximate surface area is 165 Å². The Balaban J connectivity index is 1.73. The van der Waals surface area contributed by atoms with Gasteiger partial charge in [-0.1, -0.05) is 24.6 Å². The Morgan fingerprint density at radius 1 is 0.964 bits per heavy atom. The molecule has 7 heteroatoms. The van der Waals surface area contributed by atoms with Crippen LogP contribution in [0.15, 0.2) is 47.4 Å². The average Bonchev–Trinajstić information content (AvgIpc) is 2.92. The second-order valence-corrected chi connectivity index (χ2v) is 8.98. The highest BCUT2D eigenvalue weighted by atomic mass is 32.2. The summed E-state index contributed by atoms with van der Waals surface area (Å²) < 4.78 is 30.8. The number of aryl methyl sites for hydroxylation is 3. The summed E-state index contributed by atoms with van der Waals surface area (Å²) >= 11 is 0. The molecule has 146 valence electrons. The summed E-state index contributed by atoms with van der Waals surface area (Å²) in [5.41, 5.74) is 3.26. The number of anilines is 1. The summed E-state index contributed by atoms with van der Waals surface area (Å²) in [6.07, 6.45) is 4.27. The molecule has 28 heavy (non-hydrogen) atoms. The number of benzene rings is 2. The van der Waals surface area contributed by atoms with Gasteiger partial charge >= 0.3 is 0 Å². The minimum absolute atomic E-state index is 0.255. The van der Waals surface area contributed by atoms with Crippen LogP contribution in [0.25, 0.3) is 11.4 Å². The molecule has 0 spiro atoms. The number of para-hydroxylation sites is 1. The average molecular weight is 397 g/mol. The molecule has 1 N–H and O–H groups in total. The van der Waals surface area contributed by atoms with Gasteiger partial charge in [0.25, 0.3) is 10.0 Å². The van der Waals surface area contributed by atoms with Gasteiger partial charge in [0.05, 0.1) is 10.6 Å². The van der Waals surface area contributed by atoms with Gasteiger partial charge in [-0.15, -0.1) is 10.2 Å². The first-order chi connectivity index (χ1) is 13.5. The van der Waals surface area contributed by atoms with E-state index in [0.717, 1.165) is 54.1 Å². The third-order valence-electron chi connectivity index (χ3n) is 5.31. The Hall–Kier alpha value is -2.67. The van der Waals surface area contributed by atoms with Crippen molar-refractivity contribution in [3.8, 4) is 11.4 Å². The maximum Gasteiger partial charge on any atom is 0.261 e. The van der Waals surface area contributed by atoms with Crippen molar-refractivity contribution in [3.05, 3.63) is 59.4 Å². The molecule has 0 unspecified atom stereocenters. The number of rotatable bonds is 4. The van der Waals surface area contributed by atoms with Gasteiger partial charge in [-0.05, 0) is 62.1 Å². The van der Waals surface area contributed by atoms with Crippen molar-refractivity contribution in [2.45, 2.75) is 51.0 Å². The van der Waals surface area contributed by atoms with E-state index in [2.05, 4.69) is 19.5 Å². The number of sulfonamides is 1. The van der Waals surface area contributed by atoms with Crippen LogP contribution in [0, 0.1) is 13.8 Å². The van der Waals surface area contributed by atoms with E-state index in [4.69, 9.17) is 0 Å². The van der Waals surface area contributed by atoms with Gasteiger partial charge in [-0.2, -0.15) is 0 Å². The van der Waals surface area contributed by atoms with Gasteiger partial charge in [-0.25, -0.2) is 8.42 Å². The zero-order chi connectivity index (χ0) is 19.7. The lowest BCUT2D eigenvalue weighted by Crippen LogP contribution is -2.14. The molecule has 0 bridgehead atoms. The molecule has 3 aromatic rings. The minimum atomic E-state index is -3.70. The number of fused-ring (bicyclic) bond motifs is 1. The van der Waals surface area contributed by atoms with Crippen molar-refractivity contribution in [2.75, 3.05) is 4.72 Å². The van der Waals surface area contributed by atoms with Crippen molar-refractivity contribution in [2.24, 2.45) is 0 Å². The van der Waals surface area contributed by atoms with Gasteiger partial charge in [0, 0.05) is 18.5 Å². The van der Waals surface area contributed by atoms with Crippen LogP contribution in [-0.4, -0.2) is 23.2 Å². The van der Waals surface area contributed by atoms with E-state index in [1.165, 1.54) is 6.42 Å². The lowest BCUT2D eigenvalue weighted by Gasteiger charge is -2.14. The third kappa shape index (κ3) is 3.54. The molecule has 0 saturated heterocycles. The maximum atomic E-state index is 13.0. The van der Waals surface area contributed by atoms with Gasteiger partial charge in [-0.3, -0.25) is 4.72 Å². The van der Waals surface area contributed by atoms with Gasteiger partial charge < -0.3 is 4.57 Å². The molecule has 6 nitrogen and oxygen atoms in total. The topological polar surface area (TPSA) is 76.9 Å². The maximum absolute atomic E-state index is 13.0. The molecule has 0 fully saturated rings. The summed E-state index contributed by atoms with van der Waals surface area (Å²) in [4.78, 5) is 0.255. The van der Waals surface area contributed by atoms with Crippen LogP contribution in [0.5, 0.6) is 0 Å². The highest BCUT2D eigenvalue weighted by molar-refractivity contribution is 7.92. The van der Waals surface area contributed by atoms with E-state index < -0.39 is 10.0 Å². The minimum Gasteiger partial charge on any atom is -0.311 e. The fraction of sp³-hybridized carbons (Fsp3) is 0.333. The number of aromatic nitrogens is 3. The molecule has 0 atom stereocenters. The molecule has 1 aromatic heterocycles. The normalized spacial score (nSPS) is 14.4. The summed E-state index contributed by atoms with van der Waals surface area (Å²) in [7, 11) is -3.70. The molecule has 2 aromatic carbocycles. The van der Waals surface area contributed by atoms with Gasteiger partial charge in [0.15, 0.2) is 5.82 Å². The van der Waals surface area contributed by atoms with Crippen molar-refractivity contribution >= 4 is 15.7 Å². The lowest BCUT2D eigenvalue weighted by atomic mass is 10.1. The van der Waals surface area contributed by atoms with Crippen LogP contribution >= 0.6 is 0 Å². The van der Waals surface area contributed by atoms with Gasteiger partial charge in [0.1, 0.15) is 5.82 Å². The second kappa shape index (κ2) is 7.39. The summed E-state index contributed by atoms with van der Waals surface area (Å²) in [5.74, 6) is 1.69. The van der Waals surface area contributed by atoms with Gasteiger partial charge in [0.2, 0.25) is 0 Å². The predicted octanol–water partition coefficient (Wildman–Crippen LogP) is 4.09. The van der Waals surface area contributed by atoms with E-state index in [1.807, 2.05) is 38.1 Å². The van der Waals surface area contributed by atoms with Crippen LogP contribution in [0.1, 0.15) is 36.2 Å². The lowest BCUT2D eigenvalue weighted by molar-refractivity contribution is 0.601. The highest BCUT2D eigenvalue weighted by Gasteiger charge is 2.21. The summed E-state index contributed by atoms with van der Waals surface area (Å²) in [5, 5.41) is 8.72. The van der Waals surface area contributed by atoms with E-state index in [1.54, 1.807) is 18.2 Å². The second-order valence-electron chi connectivity index (χ2n) is 7.30. The van der Waals surface area contributed by atoms with E-state index in [0.29, 0.717) is 5.69 Å². The zero-order valence-corrected chi connectivity index (χ0v) is 17.0. The standard InChI is InChI=1S/C21H24N4O2S/c1-15-11-12-17(14-16(15)2)28(26,27)24-19-9-6-5-8-18(19)21-23-22-20-10-4-3-7-13-25(20)21/h5-6,8-9,11-12,14,24H,3-4,7,10,13H2,1-2H3. The van der Waals surface area contributed by atoms with E-state index >= 15 is 0 Å². The summed E-state index contributed by atoms with van der Waals surface area (Å²) in [6, 6.07) is 12.5. The van der Waals surface area contributed by atoms with Crippen molar-refractivity contribution in [1.29, 1.82) is 0 Å². The van der Waals surface area contributed by atoms with Crippen LogP contribution in [0.4, 0.5) is 5.69 Å². The molecule has 2 heterocycles. The van der Waals surface area contributed by atoms with Crippen molar-refractivity contribution in [3.63, 3.8) is 0 Å². The molecule has 1 aliphatic heterocycles. The number of nitrogens with one attached hydrogen (secondary N) is 1. The van der Waals surface area contributed by atoms with E-state index in [-0.39, 0.29) is 4.90 Å². The zero-order valence-electron chi connectivity index (χ0n) is 16.1. The van der Waals surface area contributed by atoms with Crippen molar-refractivity contribution < 1.29 is 8.42 Å². The Morgan fingerprint density at radius 2 is 1.79 bits per heavy atom. The van der Waals surface area contributed by atoms with E-state index in [9.17, 15) is 8.42 Å². The number of hydrogen-bond acceptors (Lipinski definition) is 4. The molecule has 0 saturated carbocycles. The third-order valence-corrected chi connectivity index (χ3v) is 6.67. The first-order valence-corrected chi connectivity index (χ1v) is 11.1. The molecule has 0 amide bonds. The molecular formula is C21H24N4O2S. The number of hydrogen-bond donors (Lipinski definition) is 1. The Bertz CT molecular complexity index is 1120.